The summed E-state index contributed by atoms with van der Waals surface area (Å²) in [5.74, 6) is 0.774. The molecule has 1 atom stereocenters. The molecule has 0 bridgehead atoms. The van der Waals surface area contributed by atoms with Crippen LogP contribution in [0.3, 0.4) is 0 Å². The number of hydrogen-bond acceptors (Lipinski definition) is 2. The summed E-state index contributed by atoms with van der Waals surface area (Å²) in [6.45, 7) is 6.55. The van der Waals surface area contributed by atoms with Crippen molar-refractivity contribution >= 4 is 16.8 Å². The minimum atomic E-state index is -0.306. The predicted molar refractivity (Wildman–Crippen MR) is 66.1 cm³/mol. The Labute approximate surface area is 102 Å². The van der Waals surface area contributed by atoms with Crippen molar-refractivity contribution in [2.24, 2.45) is 5.92 Å². The van der Waals surface area contributed by atoms with Crippen LogP contribution in [0.1, 0.15) is 32.3 Å². The molecule has 0 aliphatic rings. The van der Waals surface area contributed by atoms with E-state index in [0.717, 1.165) is 11.3 Å². The van der Waals surface area contributed by atoms with Crippen molar-refractivity contribution in [1.29, 1.82) is 0 Å². The summed E-state index contributed by atoms with van der Waals surface area (Å²) >= 11 is 5.60. The van der Waals surface area contributed by atoms with Crippen LogP contribution in [0.15, 0.2) is 24.3 Å². The van der Waals surface area contributed by atoms with Crippen molar-refractivity contribution < 1.29 is 9.53 Å². The number of rotatable bonds is 5. The average molecular weight is 241 g/mol. The smallest absolute Gasteiger partial charge is 0.229 e. The molecule has 3 heteroatoms. The number of carbonyl (C=O) groups excluding carboxylic acids is 1. The van der Waals surface area contributed by atoms with Gasteiger partial charge in [0, 0.05) is 0 Å². The number of hydrogen-bond donors (Lipinski definition) is 0. The largest absolute Gasteiger partial charge is 0.494 e. The summed E-state index contributed by atoms with van der Waals surface area (Å²) < 4.78 is 5.34. The van der Waals surface area contributed by atoms with Gasteiger partial charge in [-0.15, -0.1) is 0 Å². The molecule has 0 N–H and O–H groups in total. The second-order valence-electron chi connectivity index (χ2n) is 4.03. The van der Waals surface area contributed by atoms with Crippen LogP contribution in [0.5, 0.6) is 5.75 Å². The molecule has 0 aliphatic heterocycles. The summed E-state index contributed by atoms with van der Waals surface area (Å²) in [4.78, 5) is 11.3. The SMILES string of the molecule is CCOc1ccc(C(C(=O)Cl)C(C)C)cc1. The first-order valence-electron chi connectivity index (χ1n) is 5.48. The molecule has 0 fully saturated rings. The Hall–Kier alpha value is -1.02. The van der Waals surface area contributed by atoms with Gasteiger partial charge >= 0.3 is 0 Å². The zero-order valence-corrected chi connectivity index (χ0v) is 10.6. The van der Waals surface area contributed by atoms with Gasteiger partial charge in [-0.2, -0.15) is 0 Å². The molecular formula is C13H17ClO2. The van der Waals surface area contributed by atoms with Crippen molar-refractivity contribution in [3.63, 3.8) is 0 Å². The Morgan fingerprint density at radius 1 is 1.31 bits per heavy atom. The molecule has 0 saturated carbocycles. The molecule has 2 nitrogen and oxygen atoms in total. The summed E-state index contributed by atoms with van der Waals surface area (Å²) in [6, 6.07) is 7.54. The molecule has 1 rings (SSSR count). The van der Waals surface area contributed by atoms with Crippen molar-refractivity contribution in [2.45, 2.75) is 26.7 Å². The van der Waals surface area contributed by atoms with E-state index in [1.165, 1.54) is 0 Å². The minimum Gasteiger partial charge on any atom is -0.494 e. The molecule has 0 aliphatic carbocycles. The second kappa shape index (κ2) is 5.90. The Morgan fingerprint density at radius 3 is 2.25 bits per heavy atom. The quantitative estimate of drug-likeness (QED) is 0.736. The molecule has 0 saturated heterocycles. The molecule has 16 heavy (non-hydrogen) atoms. The zero-order valence-electron chi connectivity index (χ0n) is 9.87. The lowest BCUT2D eigenvalue weighted by Gasteiger charge is -2.17. The number of halogens is 1. The van der Waals surface area contributed by atoms with Crippen LogP contribution >= 0.6 is 11.6 Å². The van der Waals surface area contributed by atoms with E-state index < -0.39 is 0 Å². The molecule has 88 valence electrons. The van der Waals surface area contributed by atoms with E-state index in [9.17, 15) is 4.79 Å². The molecule has 0 heterocycles. The third-order valence-corrected chi connectivity index (χ3v) is 2.70. The third kappa shape index (κ3) is 3.24. The van der Waals surface area contributed by atoms with E-state index in [1.54, 1.807) is 0 Å². The minimum absolute atomic E-state index is 0.197. The highest BCUT2D eigenvalue weighted by Gasteiger charge is 2.22. The zero-order chi connectivity index (χ0) is 12.1. The lowest BCUT2D eigenvalue weighted by Crippen LogP contribution is -2.13. The van der Waals surface area contributed by atoms with Gasteiger partial charge in [0.2, 0.25) is 5.24 Å². The molecule has 0 amide bonds. The summed E-state index contributed by atoms with van der Waals surface area (Å²) in [7, 11) is 0. The van der Waals surface area contributed by atoms with Gasteiger partial charge in [-0.25, -0.2) is 0 Å². The molecule has 0 spiro atoms. The summed E-state index contributed by atoms with van der Waals surface area (Å²) in [5, 5.41) is -0.306. The Bertz CT molecular complexity index is 343. The van der Waals surface area contributed by atoms with Crippen LogP contribution in [0.2, 0.25) is 0 Å². The van der Waals surface area contributed by atoms with Crippen molar-refractivity contribution in [3.8, 4) is 5.75 Å². The summed E-state index contributed by atoms with van der Waals surface area (Å²) in [6.07, 6.45) is 0. The van der Waals surface area contributed by atoms with E-state index >= 15 is 0 Å². The molecule has 0 aromatic heterocycles. The fraction of sp³-hybridized carbons (Fsp3) is 0.462. The Morgan fingerprint density at radius 2 is 1.88 bits per heavy atom. The summed E-state index contributed by atoms with van der Waals surface area (Å²) in [5.41, 5.74) is 0.943. The normalized spacial score (nSPS) is 12.6. The van der Waals surface area contributed by atoms with Crippen LogP contribution in [-0.2, 0) is 4.79 Å². The van der Waals surface area contributed by atoms with Crippen LogP contribution in [-0.4, -0.2) is 11.8 Å². The highest BCUT2D eigenvalue weighted by Crippen LogP contribution is 2.28. The van der Waals surface area contributed by atoms with Gasteiger partial charge in [-0.1, -0.05) is 26.0 Å². The van der Waals surface area contributed by atoms with E-state index in [1.807, 2.05) is 45.0 Å². The van der Waals surface area contributed by atoms with Gasteiger partial charge < -0.3 is 4.74 Å². The number of carbonyl (C=O) groups is 1. The van der Waals surface area contributed by atoms with Crippen molar-refractivity contribution in [2.75, 3.05) is 6.61 Å². The van der Waals surface area contributed by atoms with Gasteiger partial charge in [0.25, 0.3) is 0 Å². The first kappa shape index (κ1) is 13.0. The maximum Gasteiger partial charge on any atom is 0.229 e. The van der Waals surface area contributed by atoms with Crippen LogP contribution in [0, 0.1) is 5.92 Å². The maximum absolute atomic E-state index is 11.3. The van der Waals surface area contributed by atoms with Gasteiger partial charge in [0.15, 0.2) is 0 Å². The van der Waals surface area contributed by atoms with E-state index in [2.05, 4.69) is 0 Å². The standard InChI is InChI=1S/C13H17ClO2/c1-4-16-11-7-5-10(6-8-11)12(9(2)3)13(14)15/h5-9,12H,4H2,1-3H3. The maximum atomic E-state index is 11.3. The van der Waals surface area contributed by atoms with Gasteiger partial charge in [-0.05, 0) is 42.1 Å². The van der Waals surface area contributed by atoms with Crippen LogP contribution < -0.4 is 4.74 Å². The first-order valence-corrected chi connectivity index (χ1v) is 5.86. The number of benzene rings is 1. The fourth-order valence-electron chi connectivity index (χ4n) is 1.72. The molecule has 1 unspecified atom stereocenters. The van der Waals surface area contributed by atoms with Crippen molar-refractivity contribution in [3.05, 3.63) is 29.8 Å². The number of ether oxygens (including phenoxy) is 1. The predicted octanol–water partition coefficient (Wildman–Crippen LogP) is 3.59. The van der Waals surface area contributed by atoms with Crippen LogP contribution in [0.4, 0.5) is 0 Å². The van der Waals surface area contributed by atoms with Gasteiger partial charge in [-0.3, -0.25) is 4.79 Å². The van der Waals surface area contributed by atoms with E-state index in [-0.39, 0.29) is 17.1 Å². The van der Waals surface area contributed by atoms with E-state index in [4.69, 9.17) is 16.3 Å². The molecular weight excluding hydrogens is 224 g/mol. The average Bonchev–Trinajstić information content (AvgIpc) is 2.20. The van der Waals surface area contributed by atoms with Crippen LogP contribution in [0.25, 0.3) is 0 Å². The topological polar surface area (TPSA) is 26.3 Å². The highest BCUT2D eigenvalue weighted by molar-refractivity contribution is 6.64. The fourth-order valence-corrected chi connectivity index (χ4v) is 2.09. The van der Waals surface area contributed by atoms with Crippen molar-refractivity contribution in [1.82, 2.24) is 0 Å². The molecule has 1 aromatic carbocycles. The third-order valence-electron chi connectivity index (χ3n) is 2.46. The highest BCUT2D eigenvalue weighted by atomic mass is 35.5. The lowest BCUT2D eigenvalue weighted by atomic mass is 9.89. The first-order chi connectivity index (χ1) is 7.56. The molecule has 1 aromatic rings. The van der Waals surface area contributed by atoms with Gasteiger partial charge in [0.1, 0.15) is 5.75 Å². The second-order valence-corrected chi connectivity index (χ2v) is 4.40. The Kier molecular flexibility index (Phi) is 4.81. The lowest BCUT2D eigenvalue weighted by molar-refractivity contribution is -0.113. The Balaban J connectivity index is 2.90. The van der Waals surface area contributed by atoms with Gasteiger partial charge in [0.05, 0.1) is 12.5 Å². The monoisotopic (exact) mass is 240 g/mol. The van der Waals surface area contributed by atoms with E-state index in [0.29, 0.717) is 6.61 Å². The molecule has 0 radical (unpaired) electrons.